The number of benzene rings is 1. The molecule has 0 heterocycles. The summed E-state index contributed by atoms with van der Waals surface area (Å²) in [5.41, 5.74) is 5.42. The summed E-state index contributed by atoms with van der Waals surface area (Å²) in [5, 5.41) is 0. The van der Waals surface area contributed by atoms with Crippen molar-refractivity contribution in [3.05, 3.63) is 41.5 Å². The van der Waals surface area contributed by atoms with E-state index in [4.69, 9.17) is 0 Å². The maximum absolute atomic E-state index is 13.5. The van der Waals surface area contributed by atoms with Gasteiger partial charge in [0.15, 0.2) is 0 Å². The minimum Gasteiger partial charge on any atom is -0.287 e. The molecule has 0 fully saturated rings. The smallest absolute Gasteiger partial charge is 0.258 e. The number of rotatable bonds is 3. The molecule has 1 amide bonds. The van der Waals surface area contributed by atoms with Crippen molar-refractivity contribution in [2.45, 2.75) is 33.2 Å². The van der Waals surface area contributed by atoms with Gasteiger partial charge in [0, 0.05) is 17.2 Å². The Bertz CT molecular complexity index is 505. The van der Waals surface area contributed by atoms with Crippen LogP contribution in [0.3, 0.4) is 0 Å². The van der Waals surface area contributed by atoms with Gasteiger partial charge in [-0.25, -0.2) is 14.2 Å². The zero-order chi connectivity index (χ0) is 14.6. The summed E-state index contributed by atoms with van der Waals surface area (Å²) < 4.78 is 26.5. The molecule has 0 atom stereocenters. The molecule has 19 heavy (non-hydrogen) atoms. The van der Waals surface area contributed by atoms with Gasteiger partial charge in [-0.1, -0.05) is 0 Å². The van der Waals surface area contributed by atoms with Crippen LogP contribution in [0.2, 0.25) is 0 Å². The number of amides is 1. The summed E-state index contributed by atoms with van der Waals surface area (Å²) in [6, 6.07) is 3.13. The van der Waals surface area contributed by atoms with E-state index in [-0.39, 0.29) is 11.1 Å². The standard InChI is InChI=1S/C14H18F2N2O/c1-9(7-13(19)17-18-14(2,3)4)11-8-10(15)5-6-12(11)16/h5-8,18H,1-4H3,(H,17,19)/b9-7-. The molecule has 2 N–H and O–H groups in total. The number of allylic oxidation sites excluding steroid dienone is 1. The van der Waals surface area contributed by atoms with Crippen LogP contribution in [0.5, 0.6) is 0 Å². The number of nitrogens with one attached hydrogen (secondary N) is 2. The van der Waals surface area contributed by atoms with Crippen LogP contribution in [0, 0.1) is 11.6 Å². The predicted octanol–water partition coefficient (Wildman–Crippen LogP) is 2.79. The van der Waals surface area contributed by atoms with Gasteiger partial charge in [-0.05, 0) is 51.5 Å². The van der Waals surface area contributed by atoms with E-state index in [0.29, 0.717) is 5.57 Å². The fourth-order valence-corrected chi connectivity index (χ4v) is 1.36. The lowest BCUT2D eigenvalue weighted by molar-refractivity contribution is -0.117. The Morgan fingerprint density at radius 2 is 1.89 bits per heavy atom. The number of carbonyl (C=O) groups is 1. The van der Waals surface area contributed by atoms with Crippen LogP contribution in [0.25, 0.3) is 5.57 Å². The van der Waals surface area contributed by atoms with Gasteiger partial charge in [-0.3, -0.25) is 10.2 Å². The van der Waals surface area contributed by atoms with Crippen molar-refractivity contribution < 1.29 is 13.6 Å². The van der Waals surface area contributed by atoms with E-state index in [1.54, 1.807) is 6.92 Å². The summed E-state index contributed by atoms with van der Waals surface area (Å²) in [6.07, 6.45) is 1.22. The third-order valence-electron chi connectivity index (χ3n) is 2.26. The van der Waals surface area contributed by atoms with Gasteiger partial charge < -0.3 is 0 Å². The molecule has 0 saturated heterocycles. The topological polar surface area (TPSA) is 41.1 Å². The summed E-state index contributed by atoms with van der Waals surface area (Å²) in [6.45, 7) is 7.21. The molecular weight excluding hydrogens is 250 g/mol. The number of halogens is 2. The first-order valence-electron chi connectivity index (χ1n) is 5.90. The van der Waals surface area contributed by atoms with E-state index in [0.717, 1.165) is 18.2 Å². The molecule has 0 unspecified atom stereocenters. The molecular formula is C14H18F2N2O. The van der Waals surface area contributed by atoms with Gasteiger partial charge in [0.25, 0.3) is 5.91 Å². The van der Waals surface area contributed by atoms with Crippen molar-refractivity contribution in [1.82, 2.24) is 10.9 Å². The molecule has 0 aromatic heterocycles. The Hall–Kier alpha value is -1.75. The molecule has 0 bridgehead atoms. The number of hydrogen-bond donors (Lipinski definition) is 2. The van der Waals surface area contributed by atoms with Gasteiger partial charge >= 0.3 is 0 Å². The minimum atomic E-state index is -0.563. The van der Waals surface area contributed by atoms with Crippen molar-refractivity contribution in [2.24, 2.45) is 0 Å². The third kappa shape index (κ3) is 5.18. The first kappa shape index (κ1) is 15.3. The predicted molar refractivity (Wildman–Crippen MR) is 71.0 cm³/mol. The first-order valence-corrected chi connectivity index (χ1v) is 5.90. The van der Waals surface area contributed by atoms with Crippen molar-refractivity contribution in [3.8, 4) is 0 Å². The van der Waals surface area contributed by atoms with E-state index in [1.807, 2.05) is 20.8 Å². The van der Waals surface area contributed by atoms with Crippen molar-refractivity contribution in [3.63, 3.8) is 0 Å². The molecule has 0 aliphatic rings. The van der Waals surface area contributed by atoms with Crippen LogP contribution in [0.15, 0.2) is 24.3 Å². The lowest BCUT2D eigenvalue weighted by Gasteiger charge is -2.20. The summed E-state index contributed by atoms with van der Waals surface area (Å²) in [5.74, 6) is -1.53. The summed E-state index contributed by atoms with van der Waals surface area (Å²) >= 11 is 0. The van der Waals surface area contributed by atoms with E-state index >= 15 is 0 Å². The molecule has 1 rings (SSSR count). The van der Waals surface area contributed by atoms with Crippen molar-refractivity contribution in [2.75, 3.05) is 0 Å². The Morgan fingerprint density at radius 3 is 2.47 bits per heavy atom. The quantitative estimate of drug-likeness (QED) is 0.654. The highest BCUT2D eigenvalue weighted by Gasteiger charge is 2.11. The maximum atomic E-state index is 13.5. The Balaban J connectivity index is 2.81. The van der Waals surface area contributed by atoms with E-state index in [1.165, 1.54) is 6.08 Å². The fraction of sp³-hybridized carbons (Fsp3) is 0.357. The normalized spacial score (nSPS) is 12.4. The van der Waals surface area contributed by atoms with Gasteiger partial charge in [-0.2, -0.15) is 0 Å². The molecule has 5 heteroatoms. The van der Waals surface area contributed by atoms with Crippen LogP contribution in [0.4, 0.5) is 8.78 Å². The highest BCUT2D eigenvalue weighted by Crippen LogP contribution is 2.18. The maximum Gasteiger partial charge on any atom is 0.258 e. The molecule has 0 radical (unpaired) electrons. The van der Waals surface area contributed by atoms with Crippen molar-refractivity contribution in [1.29, 1.82) is 0 Å². The number of carbonyl (C=O) groups excluding carboxylic acids is 1. The van der Waals surface area contributed by atoms with Gasteiger partial charge in [0.1, 0.15) is 11.6 Å². The first-order chi connectivity index (χ1) is 8.69. The molecule has 0 spiro atoms. The fourth-order valence-electron chi connectivity index (χ4n) is 1.36. The van der Waals surface area contributed by atoms with E-state index in [2.05, 4.69) is 10.9 Å². The molecule has 1 aromatic carbocycles. The van der Waals surface area contributed by atoms with Gasteiger partial charge in [0.05, 0.1) is 0 Å². The van der Waals surface area contributed by atoms with E-state index in [9.17, 15) is 13.6 Å². The van der Waals surface area contributed by atoms with Crippen LogP contribution in [0.1, 0.15) is 33.3 Å². The highest BCUT2D eigenvalue weighted by atomic mass is 19.1. The highest BCUT2D eigenvalue weighted by molar-refractivity contribution is 5.94. The molecule has 1 aromatic rings. The van der Waals surface area contributed by atoms with Crippen LogP contribution < -0.4 is 10.9 Å². The lowest BCUT2D eigenvalue weighted by atomic mass is 10.1. The zero-order valence-electron chi connectivity index (χ0n) is 11.5. The minimum absolute atomic E-state index is 0.0749. The second kappa shape index (κ2) is 5.93. The van der Waals surface area contributed by atoms with Crippen molar-refractivity contribution >= 4 is 11.5 Å². The van der Waals surface area contributed by atoms with E-state index < -0.39 is 17.5 Å². The zero-order valence-corrected chi connectivity index (χ0v) is 11.5. The second-order valence-corrected chi connectivity index (χ2v) is 5.32. The molecule has 3 nitrogen and oxygen atoms in total. The molecule has 0 saturated carbocycles. The molecule has 104 valence electrons. The third-order valence-corrected chi connectivity index (χ3v) is 2.26. The second-order valence-electron chi connectivity index (χ2n) is 5.32. The number of hydrazine groups is 1. The average Bonchev–Trinajstić information content (AvgIpc) is 2.28. The van der Waals surface area contributed by atoms with Gasteiger partial charge in [0.2, 0.25) is 0 Å². The summed E-state index contributed by atoms with van der Waals surface area (Å²) in [7, 11) is 0. The Kier molecular flexibility index (Phi) is 4.78. The average molecular weight is 268 g/mol. The molecule has 0 aliphatic heterocycles. The van der Waals surface area contributed by atoms with Gasteiger partial charge in [-0.15, -0.1) is 0 Å². The lowest BCUT2D eigenvalue weighted by Crippen LogP contribution is -2.48. The molecule has 0 aliphatic carbocycles. The van der Waals surface area contributed by atoms with Crippen LogP contribution in [-0.2, 0) is 4.79 Å². The summed E-state index contributed by atoms with van der Waals surface area (Å²) in [4.78, 5) is 11.6. The Labute approximate surface area is 111 Å². The Morgan fingerprint density at radius 1 is 1.26 bits per heavy atom. The largest absolute Gasteiger partial charge is 0.287 e. The number of hydrogen-bond acceptors (Lipinski definition) is 2. The monoisotopic (exact) mass is 268 g/mol. The SMILES string of the molecule is C/C(=C/C(=O)NNC(C)(C)C)c1cc(F)ccc1F. The van der Waals surface area contributed by atoms with Crippen LogP contribution in [-0.4, -0.2) is 11.4 Å². The van der Waals surface area contributed by atoms with Crippen LogP contribution >= 0.6 is 0 Å².